The number of hydrogen-bond donors (Lipinski definition) is 1. The number of hydrogen-bond acceptors (Lipinski definition) is 3. The van der Waals surface area contributed by atoms with Crippen molar-refractivity contribution < 1.29 is 9.90 Å². The molecule has 3 rings (SSSR count). The maximum atomic E-state index is 11.1. The van der Waals surface area contributed by atoms with Crippen LogP contribution in [0.15, 0.2) is 6.20 Å². The lowest BCUT2D eigenvalue weighted by Gasteiger charge is -2.34. The van der Waals surface area contributed by atoms with Gasteiger partial charge in [0.1, 0.15) is 5.82 Å². The van der Waals surface area contributed by atoms with Crippen molar-refractivity contribution in [3.8, 4) is 0 Å². The van der Waals surface area contributed by atoms with E-state index >= 15 is 0 Å². The number of aliphatic carboxylic acids is 1. The van der Waals surface area contributed by atoms with Gasteiger partial charge in [-0.2, -0.15) is 0 Å². The van der Waals surface area contributed by atoms with Crippen molar-refractivity contribution in [1.82, 2.24) is 14.5 Å². The standard InChI is InChI=1S/C17H27N3O2/c1-12(2)19-6-3-13(4-7-19)9-15-11-20-8-5-14(17(21)22)10-16(20)18-15/h11-14H,3-10H2,1-2H3,(H,21,22). The Morgan fingerprint density at radius 2 is 2.05 bits per heavy atom. The molecule has 0 bridgehead atoms. The molecule has 2 aliphatic heterocycles. The Balaban J connectivity index is 1.58. The van der Waals surface area contributed by atoms with E-state index in [1.165, 1.54) is 25.9 Å². The summed E-state index contributed by atoms with van der Waals surface area (Å²) in [6.45, 7) is 7.71. The summed E-state index contributed by atoms with van der Waals surface area (Å²) < 4.78 is 2.16. The molecule has 0 spiro atoms. The first kappa shape index (κ1) is 15.5. The summed E-state index contributed by atoms with van der Waals surface area (Å²) >= 11 is 0. The lowest BCUT2D eigenvalue weighted by atomic mass is 9.92. The van der Waals surface area contributed by atoms with Gasteiger partial charge in [-0.1, -0.05) is 0 Å². The quantitative estimate of drug-likeness (QED) is 0.926. The number of fused-ring (bicyclic) bond motifs is 1. The van der Waals surface area contributed by atoms with E-state index < -0.39 is 5.97 Å². The molecule has 0 aromatic carbocycles. The fraction of sp³-hybridized carbons (Fsp3) is 0.765. The van der Waals surface area contributed by atoms with Crippen LogP contribution < -0.4 is 0 Å². The van der Waals surface area contributed by atoms with Gasteiger partial charge < -0.3 is 14.6 Å². The SMILES string of the molecule is CC(C)N1CCC(Cc2cn3c(n2)CC(C(=O)O)CC3)CC1. The Labute approximate surface area is 132 Å². The molecule has 122 valence electrons. The van der Waals surface area contributed by atoms with Gasteiger partial charge in [-0.3, -0.25) is 4.79 Å². The van der Waals surface area contributed by atoms with Gasteiger partial charge in [-0.15, -0.1) is 0 Å². The van der Waals surface area contributed by atoms with Crippen LogP contribution in [0.1, 0.15) is 44.6 Å². The molecule has 5 heteroatoms. The molecule has 1 fully saturated rings. The topological polar surface area (TPSA) is 58.4 Å². The summed E-state index contributed by atoms with van der Waals surface area (Å²) in [7, 11) is 0. The van der Waals surface area contributed by atoms with Gasteiger partial charge in [0, 0.05) is 25.2 Å². The molecule has 1 aromatic rings. The molecular formula is C17H27N3O2. The third-order valence-electron chi connectivity index (χ3n) is 5.28. The van der Waals surface area contributed by atoms with Crippen LogP contribution in [0.25, 0.3) is 0 Å². The molecule has 1 aromatic heterocycles. The number of aromatic nitrogens is 2. The molecule has 1 saturated heterocycles. The normalized spacial score (nSPS) is 23.7. The van der Waals surface area contributed by atoms with Crippen molar-refractivity contribution in [3.05, 3.63) is 17.7 Å². The zero-order valence-corrected chi connectivity index (χ0v) is 13.7. The number of aryl methyl sites for hydroxylation is 1. The van der Waals surface area contributed by atoms with Crippen molar-refractivity contribution in [2.24, 2.45) is 11.8 Å². The zero-order valence-electron chi connectivity index (χ0n) is 13.7. The van der Waals surface area contributed by atoms with Crippen molar-refractivity contribution >= 4 is 5.97 Å². The van der Waals surface area contributed by atoms with Gasteiger partial charge in [0.05, 0.1) is 11.6 Å². The lowest BCUT2D eigenvalue weighted by Crippen LogP contribution is -2.38. The second-order valence-electron chi connectivity index (χ2n) is 7.15. The average molecular weight is 305 g/mol. The van der Waals surface area contributed by atoms with Gasteiger partial charge in [-0.05, 0) is 58.5 Å². The van der Waals surface area contributed by atoms with E-state index in [1.807, 2.05) is 0 Å². The summed E-state index contributed by atoms with van der Waals surface area (Å²) in [5.41, 5.74) is 1.16. The highest BCUT2D eigenvalue weighted by Gasteiger charge is 2.27. The molecule has 0 aliphatic carbocycles. The van der Waals surface area contributed by atoms with E-state index in [9.17, 15) is 4.79 Å². The lowest BCUT2D eigenvalue weighted by molar-refractivity contribution is -0.142. The predicted octanol–water partition coefficient (Wildman–Crippen LogP) is 2.19. The van der Waals surface area contributed by atoms with Gasteiger partial charge >= 0.3 is 5.97 Å². The molecule has 3 heterocycles. The van der Waals surface area contributed by atoms with Crippen LogP contribution in [0.4, 0.5) is 0 Å². The number of carbonyl (C=O) groups is 1. The molecule has 1 N–H and O–H groups in total. The molecule has 5 nitrogen and oxygen atoms in total. The molecular weight excluding hydrogens is 278 g/mol. The van der Waals surface area contributed by atoms with Gasteiger partial charge in [-0.25, -0.2) is 4.98 Å². The van der Waals surface area contributed by atoms with E-state index in [0.29, 0.717) is 12.5 Å². The smallest absolute Gasteiger partial charge is 0.307 e. The predicted molar refractivity (Wildman–Crippen MR) is 84.8 cm³/mol. The minimum Gasteiger partial charge on any atom is -0.481 e. The van der Waals surface area contributed by atoms with Crippen LogP contribution in [0, 0.1) is 11.8 Å². The molecule has 2 aliphatic rings. The van der Waals surface area contributed by atoms with E-state index in [1.54, 1.807) is 0 Å². The molecule has 0 saturated carbocycles. The maximum absolute atomic E-state index is 11.1. The highest BCUT2D eigenvalue weighted by Crippen LogP contribution is 2.25. The fourth-order valence-corrected chi connectivity index (χ4v) is 3.77. The second-order valence-corrected chi connectivity index (χ2v) is 7.15. The molecule has 1 unspecified atom stereocenters. The third kappa shape index (κ3) is 3.35. The minimum atomic E-state index is -0.683. The second kappa shape index (κ2) is 6.41. The summed E-state index contributed by atoms with van der Waals surface area (Å²) in [6, 6.07) is 0.647. The number of nitrogens with zero attached hydrogens (tertiary/aromatic N) is 3. The fourth-order valence-electron chi connectivity index (χ4n) is 3.77. The third-order valence-corrected chi connectivity index (χ3v) is 5.28. The van der Waals surface area contributed by atoms with Crippen molar-refractivity contribution in [2.75, 3.05) is 13.1 Å². The Morgan fingerprint density at radius 1 is 1.32 bits per heavy atom. The van der Waals surface area contributed by atoms with E-state index in [2.05, 4.69) is 29.5 Å². The highest BCUT2D eigenvalue weighted by atomic mass is 16.4. The Hall–Kier alpha value is -1.36. The number of likely N-dealkylation sites (tertiary alicyclic amines) is 1. The summed E-state index contributed by atoms with van der Waals surface area (Å²) in [5.74, 6) is 0.754. The minimum absolute atomic E-state index is 0.253. The number of piperidine rings is 1. The van der Waals surface area contributed by atoms with E-state index in [0.717, 1.165) is 36.8 Å². The van der Waals surface area contributed by atoms with Gasteiger partial charge in [0.15, 0.2) is 0 Å². The largest absolute Gasteiger partial charge is 0.481 e. The Kier molecular flexibility index (Phi) is 4.52. The summed E-state index contributed by atoms with van der Waals surface area (Å²) in [5, 5.41) is 9.16. The average Bonchev–Trinajstić information content (AvgIpc) is 2.88. The van der Waals surface area contributed by atoms with E-state index in [-0.39, 0.29) is 5.92 Å². The molecule has 22 heavy (non-hydrogen) atoms. The van der Waals surface area contributed by atoms with Crippen molar-refractivity contribution in [2.45, 2.75) is 58.5 Å². The monoisotopic (exact) mass is 305 g/mol. The first-order chi connectivity index (χ1) is 10.5. The van der Waals surface area contributed by atoms with Gasteiger partial charge in [0.2, 0.25) is 0 Å². The summed E-state index contributed by atoms with van der Waals surface area (Å²) in [4.78, 5) is 18.4. The first-order valence-corrected chi connectivity index (χ1v) is 8.54. The first-order valence-electron chi connectivity index (χ1n) is 8.54. The number of imidazole rings is 1. The van der Waals surface area contributed by atoms with E-state index in [4.69, 9.17) is 10.1 Å². The van der Waals surface area contributed by atoms with Gasteiger partial charge in [0.25, 0.3) is 0 Å². The maximum Gasteiger partial charge on any atom is 0.307 e. The van der Waals surface area contributed by atoms with Crippen LogP contribution in [0.2, 0.25) is 0 Å². The van der Waals surface area contributed by atoms with Crippen LogP contribution >= 0.6 is 0 Å². The number of rotatable bonds is 4. The number of carboxylic acid groups (broad SMARTS) is 1. The molecule has 1 atom stereocenters. The Morgan fingerprint density at radius 3 is 2.68 bits per heavy atom. The van der Waals surface area contributed by atoms with Crippen LogP contribution in [-0.2, 0) is 24.2 Å². The van der Waals surface area contributed by atoms with Crippen LogP contribution in [0.5, 0.6) is 0 Å². The highest BCUT2D eigenvalue weighted by molar-refractivity contribution is 5.70. The van der Waals surface area contributed by atoms with Crippen molar-refractivity contribution in [1.29, 1.82) is 0 Å². The summed E-state index contributed by atoms with van der Waals surface area (Å²) in [6.07, 6.45) is 7.01. The number of carboxylic acids is 1. The van der Waals surface area contributed by atoms with Crippen LogP contribution in [-0.4, -0.2) is 44.7 Å². The Bertz CT molecular complexity index is 530. The van der Waals surface area contributed by atoms with Crippen LogP contribution in [0.3, 0.4) is 0 Å². The zero-order chi connectivity index (χ0) is 15.7. The molecule has 0 radical (unpaired) electrons. The van der Waals surface area contributed by atoms with Crippen molar-refractivity contribution in [3.63, 3.8) is 0 Å². The molecule has 0 amide bonds.